The van der Waals surface area contributed by atoms with Crippen LogP contribution < -0.4 is 5.73 Å². The third-order valence-electron chi connectivity index (χ3n) is 2.44. The predicted molar refractivity (Wildman–Crippen MR) is 63.2 cm³/mol. The van der Waals surface area contributed by atoms with Crippen LogP contribution in [0, 0.1) is 13.8 Å². The van der Waals surface area contributed by atoms with Crippen molar-refractivity contribution in [2.75, 3.05) is 6.54 Å². The molecule has 0 radical (unpaired) electrons. The average molecular weight is 189 g/mol. The molecular weight excluding hydrogens is 170 g/mol. The molecule has 0 aliphatic heterocycles. The standard InChI is InChI=1S/C13H19N/c1-10-6-7-12(3)13(9-10)11(2)5-4-8-14/h5-7,9H,4,8,14H2,1-3H3/b11-5+. The molecule has 0 aliphatic rings. The van der Waals surface area contributed by atoms with Gasteiger partial charge in [-0.3, -0.25) is 0 Å². The summed E-state index contributed by atoms with van der Waals surface area (Å²) in [5, 5.41) is 0. The molecule has 1 aromatic carbocycles. The summed E-state index contributed by atoms with van der Waals surface area (Å²) in [6.07, 6.45) is 3.17. The van der Waals surface area contributed by atoms with E-state index < -0.39 is 0 Å². The van der Waals surface area contributed by atoms with Crippen molar-refractivity contribution in [3.63, 3.8) is 0 Å². The van der Waals surface area contributed by atoms with Crippen LogP contribution in [0.1, 0.15) is 30.0 Å². The maximum absolute atomic E-state index is 5.48. The lowest BCUT2D eigenvalue weighted by Gasteiger charge is -2.07. The highest BCUT2D eigenvalue weighted by atomic mass is 14.5. The van der Waals surface area contributed by atoms with Gasteiger partial charge in [-0.2, -0.15) is 0 Å². The van der Waals surface area contributed by atoms with Gasteiger partial charge >= 0.3 is 0 Å². The van der Waals surface area contributed by atoms with Crippen LogP contribution in [0.15, 0.2) is 24.3 Å². The highest BCUT2D eigenvalue weighted by Gasteiger charge is 1.99. The SMILES string of the molecule is C/C(=C\CCN)c1cc(C)ccc1C. The maximum atomic E-state index is 5.48. The van der Waals surface area contributed by atoms with Crippen molar-refractivity contribution in [1.82, 2.24) is 0 Å². The fourth-order valence-corrected chi connectivity index (χ4v) is 1.57. The minimum Gasteiger partial charge on any atom is -0.330 e. The van der Waals surface area contributed by atoms with Gasteiger partial charge in [0.1, 0.15) is 0 Å². The third-order valence-corrected chi connectivity index (χ3v) is 2.44. The number of hydrogen-bond acceptors (Lipinski definition) is 1. The summed E-state index contributed by atoms with van der Waals surface area (Å²) in [4.78, 5) is 0. The normalized spacial score (nSPS) is 11.9. The molecule has 0 aromatic heterocycles. The number of benzene rings is 1. The first-order valence-electron chi connectivity index (χ1n) is 5.09. The number of allylic oxidation sites excluding steroid dienone is 1. The van der Waals surface area contributed by atoms with E-state index in [0.29, 0.717) is 0 Å². The molecule has 0 saturated carbocycles. The van der Waals surface area contributed by atoms with Crippen LogP contribution in [-0.4, -0.2) is 6.54 Å². The predicted octanol–water partition coefficient (Wildman–Crippen LogP) is 3.06. The van der Waals surface area contributed by atoms with Crippen molar-refractivity contribution >= 4 is 5.57 Å². The van der Waals surface area contributed by atoms with Gasteiger partial charge in [-0.1, -0.05) is 29.8 Å². The van der Waals surface area contributed by atoms with E-state index in [2.05, 4.69) is 45.0 Å². The Kier molecular flexibility index (Phi) is 3.90. The van der Waals surface area contributed by atoms with Crippen LogP contribution in [0.2, 0.25) is 0 Å². The minimum atomic E-state index is 0.724. The van der Waals surface area contributed by atoms with Crippen molar-refractivity contribution in [1.29, 1.82) is 0 Å². The molecule has 1 heteroatoms. The Balaban J connectivity index is 2.99. The molecule has 0 unspecified atom stereocenters. The van der Waals surface area contributed by atoms with Gasteiger partial charge in [-0.05, 0) is 50.4 Å². The number of hydrogen-bond donors (Lipinski definition) is 1. The second kappa shape index (κ2) is 4.97. The zero-order valence-electron chi connectivity index (χ0n) is 9.30. The number of rotatable bonds is 3. The van der Waals surface area contributed by atoms with Crippen LogP contribution in [-0.2, 0) is 0 Å². The van der Waals surface area contributed by atoms with E-state index >= 15 is 0 Å². The van der Waals surface area contributed by atoms with Gasteiger partial charge in [0.2, 0.25) is 0 Å². The molecule has 1 aromatic rings. The van der Waals surface area contributed by atoms with E-state index in [4.69, 9.17) is 5.73 Å². The van der Waals surface area contributed by atoms with Crippen LogP contribution >= 0.6 is 0 Å². The molecule has 1 rings (SSSR count). The molecule has 76 valence electrons. The van der Waals surface area contributed by atoms with Crippen molar-refractivity contribution in [3.8, 4) is 0 Å². The molecule has 0 amide bonds. The Morgan fingerprint density at radius 1 is 1.36 bits per heavy atom. The smallest absolute Gasteiger partial charge is 0.00424 e. The molecule has 0 heterocycles. The summed E-state index contributed by atoms with van der Waals surface area (Å²) >= 11 is 0. The minimum absolute atomic E-state index is 0.724. The fourth-order valence-electron chi connectivity index (χ4n) is 1.57. The molecular formula is C13H19N. The topological polar surface area (TPSA) is 26.0 Å². The van der Waals surface area contributed by atoms with Crippen LogP contribution in [0.5, 0.6) is 0 Å². The van der Waals surface area contributed by atoms with Gasteiger partial charge in [0.05, 0.1) is 0 Å². The summed E-state index contributed by atoms with van der Waals surface area (Å²) in [6.45, 7) is 7.15. The lowest BCUT2D eigenvalue weighted by Crippen LogP contribution is -1.96. The van der Waals surface area contributed by atoms with Gasteiger partial charge in [0.15, 0.2) is 0 Å². The van der Waals surface area contributed by atoms with Crippen LogP contribution in [0.4, 0.5) is 0 Å². The van der Waals surface area contributed by atoms with E-state index in [1.165, 1.54) is 22.3 Å². The number of nitrogens with two attached hydrogens (primary N) is 1. The Morgan fingerprint density at radius 2 is 2.07 bits per heavy atom. The average Bonchev–Trinajstić information content (AvgIpc) is 2.18. The zero-order valence-corrected chi connectivity index (χ0v) is 9.30. The summed E-state index contributed by atoms with van der Waals surface area (Å²) in [6, 6.07) is 6.55. The summed E-state index contributed by atoms with van der Waals surface area (Å²) in [7, 11) is 0. The highest BCUT2D eigenvalue weighted by molar-refractivity contribution is 5.66. The van der Waals surface area contributed by atoms with Gasteiger partial charge in [0, 0.05) is 0 Å². The first-order chi connectivity index (χ1) is 6.65. The molecule has 0 aliphatic carbocycles. The molecule has 0 spiro atoms. The van der Waals surface area contributed by atoms with Gasteiger partial charge < -0.3 is 5.73 Å². The Bertz CT molecular complexity index is 337. The van der Waals surface area contributed by atoms with E-state index in [9.17, 15) is 0 Å². The van der Waals surface area contributed by atoms with E-state index in [0.717, 1.165) is 13.0 Å². The van der Waals surface area contributed by atoms with E-state index in [-0.39, 0.29) is 0 Å². The van der Waals surface area contributed by atoms with Crippen molar-refractivity contribution < 1.29 is 0 Å². The van der Waals surface area contributed by atoms with Gasteiger partial charge in [-0.15, -0.1) is 0 Å². The highest BCUT2D eigenvalue weighted by Crippen LogP contribution is 2.19. The maximum Gasteiger partial charge on any atom is -0.00424 e. The number of aryl methyl sites for hydroxylation is 2. The zero-order chi connectivity index (χ0) is 10.6. The summed E-state index contributed by atoms with van der Waals surface area (Å²) in [5.74, 6) is 0. The monoisotopic (exact) mass is 189 g/mol. The summed E-state index contributed by atoms with van der Waals surface area (Å²) in [5.41, 5.74) is 10.8. The third kappa shape index (κ3) is 2.71. The molecule has 0 bridgehead atoms. The van der Waals surface area contributed by atoms with E-state index in [1.807, 2.05) is 0 Å². The Hall–Kier alpha value is -1.08. The Morgan fingerprint density at radius 3 is 2.71 bits per heavy atom. The van der Waals surface area contributed by atoms with Crippen molar-refractivity contribution in [2.45, 2.75) is 27.2 Å². The molecule has 14 heavy (non-hydrogen) atoms. The molecule has 0 fully saturated rings. The molecule has 2 N–H and O–H groups in total. The first-order valence-corrected chi connectivity index (χ1v) is 5.09. The van der Waals surface area contributed by atoms with Crippen LogP contribution in [0.3, 0.4) is 0 Å². The van der Waals surface area contributed by atoms with Crippen LogP contribution in [0.25, 0.3) is 5.57 Å². The first kappa shape index (κ1) is 11.0. The second-order valence-electron chi connectivity index (χ2n) is 3.78. The lowest BCUT2D eigenvalue weighted by atomic mass is 9.99. The van der Waals surface area contributed by atoms with Gasteiger partial charge in [-0.25, -0.2) is 0 Å². The molecule has 0 atom stereocenters. The summed E-state index contributed by atoms with van der Waals surface area (Å²) < 4.78 is 0. The fraction of sp³-hybridized carbons (Fsp3) is 0.385. The van der Waals surface area contributed by atoms with Crippen molar-refractivity contribution in [2.24, 2.45) is 5.73 Å². The van der Waals surface area contributed by atoms with E-state index in [1.54, 1.807) is 0 Å². The molecule has 0 saturated heterocycles. The largest absolute Gasteiger partial charge is 0.330 e. The molecule has 1 nitrogen and oxygen atoms in total. The second-order valence-corrected chi connectivity index (χ2v) is 3.78. The van der Waals surface area contributed by atoms with Gasteiger partial charge in [0.25, 0.3) is 0 Å². The quantitative estimate of drug-likeness (QED) is 0.777. The Labute approximate surface area is 86.6 Å². The van der Waals surface area contributed by atoms with Crippen molar-refractivity contribution in [3.05, 3.63) is 41.0 Å². The lowest BCUT2D eigenvalue weighted by molar-refractivity contribution is 1.01.